The van der Waals surface area contributed by atoms with Crippen LogP contribution in [0, 0.1) is 6.92 Å². The first-order chi connectivity index (χ1) is 17.1. The SMILES string of the molecule is Cc1cnc(Nc2cccc(NC(=O)N3CCCC3)c2)nc1NCCCNC(=O)c1cccnc1. The fourth-order valence-electron chi connectivity index (χ4n) is 3.70. The highest BCUT2D eigenvalue weighted by Crippen LogP contribution is 2.21. The van der Waals surface area contributed by atoms with E-state index in [4.69, 9.17) is 0 Å². The summed E-state index contributed by atoms with van der Waals surface area (Å²) in [5.41, 5.74) is 2.95. The zero-order chi connectivity index (χ0) is 24.5. The van der Waals surface area contributed by atoms with E-state index in [-0.39, 0.29) is 11.9 Å². The second-order valence-corrected chi connectivity index (χ2v) is 8.33. The molecule has 1 fully saturated rings. The highest BCUT2D eigenvalue weighted by molar-refractivity contribution is 5.93. The number of amides is 3. The summed E-state index contributed by atoms with van der Waals surface area (Å²) in [7, 11) is 0. The topological polar surface area (TPSA) is 124 Å². The van der Waals surface area contributed by atoms with E-state index >= 15 is 0 Å². The number of pyridine rings is 1. The van der Waals surface area contributed by atoms with Crippen molar-refractivity contribution in [1.29, 1.82) is 0 Å². The highest BCUT2D eigenvalue weighted by Gasteiger charge is 2.17. The molecule has 0 bridgehead atoms. The van der Waals surface area contributed by atoms with Crippen LogP contribution in [0.25, 0.3) is 0 Å². The van der Waals surface area contributed by atoms with E-state index < -0.39 is 0 Å². The Hall–Kier alpha value is -4.21. The molecule has 1 aliphatic rings. The molecule has 10 nitrogen and oxygen atoms in total. The van der Waals surface area contributed by atoms with Gasteiger partial charge in [0, 0.05) is 61.7 Å². The molecule has 4 rings (SSSR count). The number of urea groups is 1. The van der Waals surface area contributed by atoms with Crippen molar-refractivity contribution in [2.24, 2.45) is 0 Å². The number of aryl methyl sites for hydroxylation is 1. The van der Waals surface area contributed by atoms with Crippen LogP contribution in [-0.4, -0.2) is 58.0 Å². The van der Waals surface area contributed by atoms with Crippen LogP contribution in [-0.2, 0) is 0 Å². The number of likely N-dealkylation sites (tertiary alicyclic amines) is 1. The Bertz CT molecular complexity index is 1150. The summed E-state index contributed by atoms with van der Waals surface area (Å²) in [4.78, 5) is 39.2. The lowest BCUT2D eigenvalue weighted by Gasteiger charge is -2.16. The summed E-state index contributed by atoms with van der Waals surface area (Å²) in [6.07, 6.45) is 7.77. The third-order valence-corrected chi connectivity index (χ3v) is 5.59. The fraction of sp³-hybridized carbons (Fsp3) is 0.320. The number of carbonyl (C=O) groups excluding carboxylic acids is 2. The average Bonchev–Trinajstić information content (AvgIpc) is 3.42. The van der Waals surface area contributed by atoms with Crippen LogP contribution in [0.3, 0.4) is 0 Å². The summed E-state index contributed by atoms with van der Waals surface area (Å²) in [5.74, 6) is 1.03. The predicted molar refractivity (Wildman–Crippen MR) is 136 cm³/mol. The quantitative estimate of drug-likeness (QED) is 0.348. The van der Waals surface area contributed by atoms with Crippen LogP contribution in [0.1, 0.15) is 35.2 Å². The van der Waals surface area contributed by atoms with E-state index in [1.165, 1.54) is 0 Å². The van der Waals surface area contributed by atoms with Crippen LogP contribution in [0.2, 0.25) is 0 Å². The third-order valence-electron chi connectivity index (χ3n) is 5.59. The van der Waals surface area contributed by atoms with Gasteiger partial charge in [-0.1, -0.05) is 6.07 Å². The van der Waals surface area contributed by atoms with Gasteiger partial charge in [0.05, 0.1) is 5.56 Å². The van der Waals surface area contributed by atoms with Gasteiger partial charge < -0.3 is 26.2 Å². The number of carbonyl (C=O) groups is 2. The number of hydrogen-bond acceptors (Lipinski definition) is 7. The first-order valence-electron chi connectivity index (χ1n) is 11.8. The standard InChI is InChI=1S/C25H30N8O2/c1-18-16-29-24(30-20-8-4-9-21(15-20)31-25(35)33-13-2-3-14-33)32-22(18)27-11-6-12-28-23(34)19-7-5-10-26-17-19/h4-5,7-10,15-17H,2-3,6,11-14H2,1H3,(H,28,34)(H,31,35)(H2,27,29,30,32). The van der Waals surface area contributed by atoms with Crippen LogP contribution in [0.5, 0.6) is 0 Å². The van der Waals surface area contributed by atoms with Crippen molar-refractivity contribution in [3.63, 3.8) is 0 Å². The Balaban J connectivity index is 1.27. The molecule has 0 aliphatic carbocycles. The first kappa shape index (κ1) is 23.9. The molecule has 2 aromatic heterocycles. The summed E-state index contributed by atoms with van der Waals surface area (Å²) >= 11 is 0. The lowest BCUT2D eigenvalue weighted by atomic mass is 10.2. The molecule has 0 radical (unpaired) electrons. The number of hydrogen-bond donors (Lipinski definition) is 4. The Morgan fingerprint density at radius 3 is 2.66 bits per heavy atom. The number of anilines is 4. The molecule has 4 N–H and O–H groups in total. The Kier molecular flexibility index (Phi) is 8.05. The van der Waals surface area contributed by atoms with Gasteiger partial charge in [-0.25, -0.2) is 9.78 Å². The molecular formula is C25H30N8O2. The summed E-state index contributed by atoms with van der Waals surface area (Å²) in [5, 5.41) is 12.3. The van der Waals surface area contributed by atoms with E-state index in [9.17, 15) is 9.59 Å². The molecule has 0 spiro atoms. The monoisotopic (exact) mass is 474 g/mol. The van der Waals surface area contributed by atoms with Crippen LogP contribution >= 0.6 is 0 Å². The molecule has 3 heterocycles. The second-order valence-electron chi connectivity index (χ2n) is 8.33. The average molecular weight is 475 g/mol. The first-order valence-corrected chi connectivity index (χ1v) is 11.8. The molecule has 0 unspecified atom stereocenters. The second kappa shape index (κ2) is 11.8. The lowest BCUT2D eigenvalue weighted by molar-refractivity contribution is 0.0953. The molecule has 1 aromatic carbocycles. The van der Waals surface area contributed by atoms with E-state index in [0.29, 0.717) is 30.3 Å². The van der Waals surface area contributed by atoms with Gasteiger partial charge in [-0.05, 0) is 56.5 Å². The lowest BCUT2D eigenvalue weighted by Crippen LogP contribution is -2.32. The van der Waals surface area contributed by atoms with Crippen molar-refractivity contribution >= 4 is 35.1 Å². The van der Waals surface area contributed by atoms with E-state index in [0.717, 1.165) is 49.4 Å². The van der Waals surface area contributed by atoms with E-state index in [1.54, 1.807) is 30.7 Å². The maximum Gasteiger partial charge on any atom is 0.321 e. The zero-order valence-corrected chi connectivity index (χ0v) is 19.8. The van der Waals surface area contributed by atoms with Crippen molar-refractivity contribution in [1.82, 2.24) is 25.2 Å². The Morgan fingerprint density at radius 2 is 1.86 bits per heavy atom. The van der Waals surface area contributed by atoms with Crippen molar-refractivity contribution < 1.29 is 9.59 Å². The minimum Gasteiger partial charge on any atom is -0.370 e. The molecule has 3 amide bonds. The van der Waals surface area contributed by atoms with Gasteiger partial charge in [0.1, 0.15) is 5.82 Å². The number of rotatable bonds is 9. The number of nitrogens with one attached hydrogen (secondary N) is 4. The van der Waals surface area contributed by atoms with Gasteiger partial charge >= 0.3 is 6.03 Å². The van der Waals surface area contributed by atoms with Crippen molar-refractivity contribution in [2.75, 3.05) is 42.1 Å². The molecule has 1 aliphatic heterocycles. The zero-order valence-electron chi connectivity index (χ0n) is 19.8. The van der Waals surface area contributed by atoms with Crippen LogP contribution in [0.4, 0.5) is 27.9 Å². The van der Waals surface area contributed by atoms with Crippen molar-refractivity contribution in [3.05, 3.63) is 66.1 Å². The van der Waals surface area contributed by atoms with Crippen LogP contribution < -0.4 is 21.3 Å². The summed E-state index contributed by atoms with van der Waals surface area (Å²) in [6, 6.07) is 10.9. The third kappa shape index (κ3) is 6.89. The minimum atomic E-state index is -0.137. The molecular weight excluding hydrogens is 444 g/mol. The fourth-order valence-corrected chi connectivity index (χ4v) is 3.70. The van der Waals surface area contributed by atoms with Crippen molar-refractivity contribution in [3.8, 4) is 0 Å². The molecule has 1 saturated heterocycles. The molecule has 0 atom stereocenters. The van der Waals surface area contributed by atoms with Gasteiger partial charge in [-0.3, -0.25) is 9.78 Å². The predicted octanol–water partition coefficient (Wildman–Crippen LogP) is 3.78. The maximum atomic E-state index is 12.4. The highest BCUT2D eigenvalue weighted by atomic mass is 16.2. The van der Waals surface area contributed by atoms with Gasteiger partial charge in [0.25, 0.3) is 5.91 Å². The Labute approximate surface area is 204 Å². The van der Waals surface area contributed by atoms with Gasteiger partial charge in [-0.2, -0.15) is 4.98 Å². The largest absolute Gasteiger partial charge is 0.370 e. The Morgan fingerprint density at radius 1 is 1.03 bits per heavy atom. The van der Waals surface area contributed by atoms with E-state index in [1.807, 2.05) is 36.1 Å². The number of nitrogens with zero attached hydrogens (tertiary/aromatic N) is 4. The summed E-state index contributed by atoms with van der Waals surface area (Å²) in [6.45, 7) is 4.71. The van der Waals surface area contributed by atoms with Gasteiger partial charge in [-0.15, -0.1) is 0 Å². The number of aromatic nitrogens is 3. The normalized spacial score (nSPS) is 12.8. The molecule has 3 aromatic rings. The van der Waals surface area contributed by atoms with E-state index in [2.05, 4.69) is 36.2 Å². The molecule has 182 valence electrons. The van der Waals surface area contributed by atoms with Gasteiger partial charge in [0.15, 0.2) is 0 Å². The molecule has 10 heteroatoms. The van der Waals surface area contributed by atoms with Crippen LogP contribution in [0.15, 0.2) is 55.0 Å². The molecule has 35 heavy (non-hydrogen) atoms. The van der Waals surface area contributed by atoms with Crippen molar-refractivity contribution in [2.45, 2.75) is 26.2 Å². The number of benzene rings is 1. The summed E-state index contributed by atoms with van der Waals surface area (Å²) < 4.78 is 0. The smallest absolute Gasteiger partial charge is 0.321 e. The maximum absolute atomic E-state index is 12.4. The van der Waals surface area contributed by atoms with Gasteiger partial charge in [0.2, 0.25) is 5.95 Å². The minimum absolute atomic E-state index is 0.0747. The molecule has 0 saturated carbocycles.